The van der Waals surface area contributed by atoms with E-state index in [1.54, 1.807) is 0 Å². The van der Waals surface area contributed by atoms with E-state index in [9.17, 15) is 4.79 Å². The summed E-state index contributed by atoms with van der Waals surface area (Å²) in [6.45, 7) is 6.44. The summed E-state index contributed by atoms with van der Waals surface area (Å²) in [5, 5.41) is 9.55. The Morgan fingerprint density at radius 1 is 1.16 bits per heavy atom. The number of carbonyl (C=O) groups excluding carboxylic acids is 1. The van der Waals surface area contributed by atoms with Crippen molar-refractivity contribution in [1.82, 2.24) is 14.8 Å². The molecule has 2 atom stereocenters. The summed E-state index contributed by atoms with van der Waals surface area (Å²) < 4.78 is 13.1. The maximum atomic E-state index is 11.8. The van der Waals surface area contributed by atoms with Gasteiger partial charge in [0.25, 0.3) is 0 Å². The molecule has 0 N–H and O–H groups in total. The number of cyclic esters (lactones) is 1. The lowest BCUT2D eigenvalue weighted by atomic mass is 10.00. The van der Waals surface area contributed by atoms with Gasteiger partial charge in [0, 0.05) is 26.1 Å². The van der Waals surface area contributed by atoms with Crippen LogP contribution >= 0.6 is 11.8 Å². The Bertz CT molecular complexity index is 609. The summed E-state index contributed by atoms with van der Waals surface area (Å²) in [5.41, 5.74) is 0. The molecule has 3 fully saturated rings. The van der Waals surface area contributed by atoms with Crippen LogP contribution in [0.25, 0.3) is 0 Å². The Morgan fingerprint density at radius 3 is 2.68 bits per heavy atom. The topological polar surface area (TPSA) is 69.5 Å². The van der Waals surface area contributed by atoms with Crippen molar-refractivity contribution in [2.45, 2.75) is 62.1 Å². The van der Waals surface area contributed by atoms with E-state index in [0.717, 1.165) is 62.5 Å². The third-order valence-corrected chi connectivity index (χ3v) is 6.53. The molecule has 8 heteroatoms. The number of anilines is 1. The molecular weight excluding hydrogens is 340 g/mol. The van der Waals surface area contributed by atoms with Gasteiger partial charge in [-0.1, -0.05) is 18.7 Å². The first-order valence-electron chi connectivity index (χ1n) is 9.34. The Balaban J connectivity index is 1.55. The largest absolute Gasteiger partial charge is 0.465 e. The number of esters is 1. The third-order valence-electron chi connectivity index (χ3n) is 5.31. The van der Waals surface area contributed by atoms with E-state index < -0.39 is 0 Å². The molecule has 0 saturated carbocycles. The van der Waals surface area contributed by atoms with Crippen LogP contribution < -0.4 is 4.90 Å². The van der Waals surface area contributed by atoms with Gasteiger partial charge in [-0.2, -0.15) is 0 Å². The molecule has 25 heavy (non-hydrogen) atoms. The lowest BCUT2D eigenvalue weighted by Crippen LogP contribution is -2.35. The number of piperidine rings is 1. The van der Waals surface area contributed by atoms with E-state index >= 15 is 0 Å². The predicted octanol–water partition coefficient (Wildman–Crippen LogP) is 2.10. The number of carbonyl (C=O) groups is 1. The van der Waals surface area contributed by atoms with Gasteiger partial charge >= 0.3 is 5.97 Å². The normalized spacial score (nSPS) is 27.9. The highest BCUT2D eigenvalue weighted by Gasteiger charge is 2.32. The lowest BCUT2D eigenvalue weighted by molar-refractivity contribution is -0.137. The zero-order valence-corrected chi connectivity index (χ0v) is 15.5. The van der Waals surface area contributed by atoms with E-state index in [1.807, 2.05) is 0 Å². The Morgan fingerprint density at radius 2 is 2.00 bits per heavy atom. The van der Waals surface area contributed by atoms with Crippen LogP contribution in [0.3, 0.4) is 0 Å². The number of hydrogen-bond donors (Lipinski definition) is 0. The van der Waals surface area contributed by atoms with Crippen molar-refractivity contribution < 1.29 is 14.3 Å². The van der Waals surface area contributed by atoms with E-state index in [-0.39, 0.29) is 17.3 Å². The van der Waals surface area contributed by atoms with Gasteiger partial charge in [-0.3, -0.25) is 9.36 Å². The number of rotatable bonds is 5. The summed E-state index contributed by atoms with van der Waals surface area (Å²) in [5.74, 6) is 1.56. The highest BCUT2D eigenvalue weighted by molar-refractivity contribution is 8.00. The Labute approximate surface area is 152 Å². The molecule has 138 valence electrons. The highest BCUT2D eigenvalue weighted by atomic mass is 32.2. The molecular formula is C17H26N4O3S. The molecule has 0 unspecified atom stereocenters. The van der Waals surface area contributed by atoms with Gasteiger partial charge in [-0.05, 0) is 31.6 Å². The maximum absolute atomic E-state index is 11.8. The fourth-order valence-electron chi connectivity index (χ4n) is 3.67. The fourth-order valence-corrected chi connectivity index (χ4v) is 4.68. The van der Waals surface area contributed by atoms with Crippen molar-refractivity contribution in [2.24, 2.45) is 5.92 Å². The molecule has 7 nitrogen and oxygen atoms in total. The average molecular weight is 366 g/mol. The van der Waals surface area contributed by atoms with Gasteiger partial charge in [0.05, 0.1) is 19.3 Å². The molecule has 3 aliphatic heterocycles. The van der Waals surface area contributed by atoms with Crippen LogP contribution in [0, 0.1) is 5.92 Å². The van der Waals surface area contributed by atoms with Gasteiger partial charge in [0.15, 0.2) is 5.16 Å². The zero-order valence-electron chi connectivity index (χ0n) is 14.7. The minimum atomic E-state index is -0.165. The molecule has 0 amide bonds. The monoisotopic (exact) mass is 366 g/mol. The molecule has 1 aromatic rings. The number of aromatic nitrogens is 3. The van der Waals surface area contributed by atoms with Crippen molar-refractivity contribution in [2.75, 3.05) is 31.2 Å². The zero-order chi connectivity index (χ0) is 17.2. The molecule has 3 saturated heterocycles. The van der Waals surface area contributed by atoms with Crippen LogP contribution in [0.4, 0.5) is 5.95 Å². The summed E-state index contributed by atoms with van der Waals surface area (Å²) in [7, 11) is 0. The second kappa shape index (κ2) is 7.53. The van der Waals surface area contributed by atoms with Crippen molar-refractivity contribution in [3.05, 3.63) is 0 Å². The quantitative estimate of drug-likeness (QED) is 0.739. The van der Waals surface area contributed by atoms with E-state index in [1.165, 1.54) is 24.6 Å². The van der Waals surface area contributed by atoms with Gasteiger partial charge < -0.3 is 14.4 Å². The molecule has 0 radical (unpaired) electrons. The first-order valence-corrected chi connectivity index (χ1v) is 10.2. The summed E-state index contributed by atoms with van der Waals surface area (Å²) in [6.07, 6.45) is 5.51. The van der Waals surface area contributed by atoms with Crippen LogP contribution in [0.15, 0.2) is 5.16 Å². The number of hydrogen-bond acceptors (Lipinski definition) is 7. The van der Waals surface area contributed by atoms with E-state index in [0.29, 0.717) is 6.61 Å². The van der Waals surface area contributed by atoms with Crippen LogP contribution in [0.5, 0.6) is 0 Å². The SMILES string of the molecule is CC1CCN(c2nnc(S[C@@H]3CCOC3=O)n2C[C@@H]2CCCO2)CC1. The standard InChI is InChI=1S/C17H26N4O3S/c1-12-4-7-20(8-5-12)16-18-19-17(25-14-6-10-24-15(14)22)21(16)11-13-3-2-9-23-13/h12-14H,2-11H2,1H3/t13-,14+/m0/s1. The molecule has 4 rings (SSSR count). The van der Waals surface area contributed by atoms with Crippen molar-refractivity contribution in [1.29, 1.82) is 0 Å². The lowest BCUT2D eigenvalue weighted by Gasteiger charge is -2.31. The molecule has 4 heterocycles. The van der Waals surface area contributed by atoms with Crippen molar-refractivity contribution in [3.8, 4) is 0 Å². The molecule has 1 aromatic heterocycles. The van der Waals surface area contributed by atoms with Crippen LogP contribution in [0.1, 0.15) is 39.0 Å². The van der Waals surface area contributed by atoms with Crippen LogP contribution in [-0.4, -0.2) is 58.4 Å². The molecule has 0 aromatic carbocycles. The second-order valence-electron chi connectivity index (χ2n) is 7.26. The first-order chi connectivity index (χ1) is 12.2. The molecule has 0 bridgehead atoms. The third kappa shape index (κ3) is 3.79. The van der Waals surface area contributed by atoms with Gasteiger partial charge in [0.1, 0.15) is 5.25 Å². The predicted molar refractivity (Wildman–Crippen MR) is 94.8 cm³/mol. The fraction of sp³-hybridized carbons (Fsp3) is 0.824. The van der Waals surface area contributed by atoms with E-state index in [4.69, 9.17) is 9.47 Å². The summed E-state index contributed by atoms with van der Waals surface area (Å²) in [4.78, 5) is 14.2. The maximum Gasteiger partial charge on any atom is 0.319 e. The van der Waals surface area contributed by atoms with E-state index in [2.05, 4.69) is 26.6 Å². The number of ether oxygens (including phenoxy) is 2. The minimum Gasteiger partial charge on any atom is -0.465 e. The first kappa shape index (κ1) is 17.1. The number of nitrogens with zero attached hydrogens (tertiary/aromatic N) is 4. The van der Waals surface area contributed by atoms with Gasteiger partial charge in [-0.15, -0.1) is 10.2 Å². The van der Waals surface area contributed by atoms with Crippen LogP contribution in [0.2, 0.25) is 0 Å². The van der Waals surface area contributed by atoms with Crippen LogP contribution in [-0.2, 0) is 20.8 Å². The smallest absolute Gasteiger partial charge is 0.319 e. The van der Waals surface area contributed by atoms with Crippen molar-refractivity contribution in [3.63, 3.8) is 0 Å². The second-order valence-corrected chi connectivity index (χ2v) is 8.43. The highest BCUT2D eigenvalue weighted by Crippen LogP contribution is 2.32. The van der Waals surface area contributed by atoms with Gasteiger partial charge in [0.2, 0.25) is 5.95 Å². The summed E-state index contributed by atoms with van der Waals surface area (Å²) in [6, 6.07) is 0. The minimum absolute atomic E-state index is 0.134. The average Bonchev–Trinajstić information content (AvgIpc) is 3.34. The van der Waals surface area contributed by atoms with Gasteiger partial charge in [-0.25, -0.2) is 0 Å². The summed E-state index contributed by atoms with van der Waals surface area (Å²) >= 11 is 1.49. The molecule has 3 aliphatic rings. The molecule has 0 spiro atoms. The Kier molecular flexibility index (Phi) is 5.17. The Hall–Kier alpha value is -1.28. The molecule has 0 aliphatic carbocycles. The number of thioether (sulfide) groups is 1. The van der Waals surface area contributed by atoms with Crippen molar-refractivity contribution >= 4 is 23.7 Å².